The molecule has 0 aliphatic heterocycles. The van der Waals surface area contributed by atoms with E-state index in [0.29, 0.717) is 24.6 Å². The van der Waals surface area contributed by atoms with Crippen molar-refractivity contribution in [3.8, 4) is 5.75 Å². The van der Waals surface area contributed by atoms with Crippen molar-refractivity contribution in [3.05, 3.63) is 65.2 Å². The van der Waals surface area contributed by atoms with Crippen LogP contribution in [0.5, 0.6) is 5.75 Å². The first-order chi connectivity index (χ1) is 14.8. The number of alkyl halides is 3. The number of hydrogen-bond donors (Lipinski definition) is 3. The van der Waals surface area contributed by atoms with Crippen LogP contribution >= 0.6 is 24.0 Å². The van der Waals surface area contributed by atoms with E-state index >= 15 is 0 Å². The Bertz CT molecular complexity index is 816. The van der Waals surface area contributed by atoms with Gasteiger partial charge in [0, 0.05) is 13.1 Å². The second-order valence-electron chi connectivity index (χ2n) is 6.79. The van der Waals surface area contributed by atoms with E-state index in [1.165, 1.54) is 0 Å². The van der Waals surface area contributed by atoms with Crippen molar-refractivity contribution in [2.24, 2.45) is 4.99 Å². The molecule has 32 heavy (non-hydrogen) atoms. The Labute approximate surface area is 203 Å². The van der Waals surface area contributed by atoms with Gasteiger partial charge in [-0.05, 0) is 35.7 Å². The van der Waals surface area contributed by atoms with Crippen molar-refractivity contribution < 1.29 is 27.8 Å². The smallest absolute Gasteiger partial charge is 0.411 e. The van der Waals surface area contributed by atoms with Crippen molar-refractivity contribution >= 4 is 29.9 Å². The molecule has 0 radical (unpaired) electrons. The number of methoxy groups -OCH3 is 1. The molecular formula is C22H29F3IN3O3. The van der Waals surface area contributed by atoms with E-state index in [0.717, 1.165) is 16.9 Å². The molecule has 2 aromatic rings. The summed E-state index contributed by atoms with van der Waals surface area (Å²) in [6.07, 6.45) is -5.04. The fourth-order valence-corrected chi connectivity index (χ4v) is 2.67. The highest BCUT2D eigenvalue weighted by molar-refractivity contribution is 14.0. The maximum atomic E-state index is 12.1. The topological polar surface area (TPSA) is 75.1 Å². The van der Waals surface area contributed by atoms with E-state index in [4.69, 9.17) is 4.74 Å². The van der Waals surface area contributed by atoms with Gasteiger partial charge in [-0.2, -0.15) is 13.2 Å². The Kier molecular flexibility index (Phi) is 12.4. The molecule has 0 amide bonds. The van der Waals surface area contributed by atoms with Crippen molar-refractivity contribution in [1.82, 2.24) is 10.6 Å². The standard InChI is InChI=1S/C22H28F3N3O3.HI/c1-3-26-21(28-13-20(29)18-8-10-19(30-2)11-9-18)27-12-16-4-6-17(7-5-16)14-31-15-22(23,24)25;/h4-11,20,29H,3,12-15H2,1-2H3,(H2,26,27,28);1H. The third-order valence-corrected chi connectivity index (χ3v) is 4.28. The highest BCUT2D eigenvalue weighted by atomic mass is 127. The van der Waals surface area contributed by atoms with Gasteiger partial charge in [0.15, 0.2) is 5.96 Å². The normalized spacial score (nSPS) is 12.6. The molecule has 2 rings (SSSR count). The maximum Gasteiger partial charge on any atom is 0.411 e. The predicted molar refractivity (Wildman–Crippen MR) is 128 cm³/mol. The minimum atomic E-state index is -4.33. The van der Waals surface area contributed by atoms with Crippen LogP contribution < -0.4 is 15.4 Å². The highest BCUT2D eigenvalue weighted by Gasteiger charge is 2.27. The van der Waals surface area contributed by atoms with Crippen LogP contribution in [0.2, 0.25) is 0 Å². The van der Waals surface area contributed by atoms with Gasteiger partial charge in [0.25, 0.3) is 0 Å². The number of ether oxygens (including phenoxy) is 2. The third-order valence-electron chi connectivity index (χ3n) is 4.28. The number of aliphatic hydroxyl groups excluding tert-OH is 1. The summed E-state index contributed by atoms with van der Waals surface area (Å²) in [6, 6.07) is 14.2. The zero-order valence-corrected chi connectivity index (χ0v) is 20.3. The lowest BCUT2D eigenvalue weighted by atomic mass is 10.1. The van der Waals surface area contributed by atoms with Crippen LogP contribution in [-0.4, -0.2) is 44.0 Å². The lowest BCUT2D eigenvalue weighted by Gasteiger charge is -2.16. The molecule has 0 fully saturated rings. The van der Waals surface area contributed by atoms with E-state index in [1.807, 2.05) is 6.92 Å². The average Bonchev–Trinajstić information content (AvgIpc) is 2.75. The lowest BCUT2D eigenvalue weighted by molar-refractivity contribution is -0.176. The number of hydrogen-bond acceptors (Lipinski definition) is 4. The summed E-state index contributed by atoms with van der Waals surface area (Å²) in [6.45, 7) is 1.87. The summed E-state index contributed by atoms with van der Waals surface area (Å²) in [4.78, 5) is 4.48. The second-order valence-corrected chi connectivity index (χ2v) is 6.79. The summed E-state index contributed by atoms with van der Waals surface area (Å²) >= 11 is 0. The van der Waals surface area contributed by atoms with Gasteiger partial charge in [0.1, 0.15) is 12.4 Å². The van der Waals surface area contributed by atoms with Crippen molar-refractivity contribution in [2.45, 2.75) is 32.4 Å². The molecule has 0 aromatic heterocycles. The molecule has 6 nitrogen and oxygen atoms in total. The van der Waals surface area contributed by atoms with E-state index in [1.54, 1.807) is 55.6 Å². The third kappa shape index (κ3) is 10.5. The number of rotatable bonds is 10. The molecule has 2 aromatic carbocycles. The van der Waals surface area contributed by atoms with Crippen LogP contribution in [0.4, 0.5) is 13.2 Å². The molecule has 3 N–H and O–H groups in total. The van der Waals surface area contributed by atoms with Gasteiger partial charge in [-0.1, -0.05) is 36.4 Å². The minimum Gasteiger partial charge on any atom is -0.497 e. The highest BCUT2D eigenvalue weighted by Crippen LogP contribution is 2.17. The number of halogens is 4. The maximum absolute atomic E-state index is 12.1. The van der Waals surface area contributed by atoms with E-state index in [-0.39, 0.29) is 37.1 Å². The van der Waals surface area contributed by atoms with E-state index in [9.17, 15) is 18.3 Å². The predicted octanol–water partition coefficient (Wildman–Crippen LogP) is 4.18. The molecule has 1 atom stereocenters. The quantitative estimate of drug-likeness (QED) is 0.228. The zero-order chi connectivity index (χ0) is 22.7. The molecule has 10 heteroatoms. The molecule has 1 unspecified atom stereocenters. The summed E-state index contributed by atoms with van der Waals surface area (Å²) in [5.41, 5.74) is 2.31. The second kappa shape index (κ2) is 14.2. The van der Waals surface area contributed by atoms with Gasteiger partial charge in [0.2, 0.25) is 0 Å². The number of guanidine groups is 1. The first-order valence-electron chi connectivity index (χ1n) is 9.87. The van der Waals surface area contributed by atoms with Crippen LogP contribution in [0, 0.1) is 0 Å². The van der Waals surface area contributed by atoms with E-state index in [2.05, 4.69) is 20.4 Å². The summed E-state index contributed by atoms with van der Waals surface area (Å²) in [7, 11) is 1.58. The number of aliphatic hydroxyl groups is 1. The van der Waals surface area contributed by atoms with Crippen LogP contribution in [0.1, 0.15) is 29.7 Å². The first-order valence-corrected chi connectivity index (χ1v) is 9.87. The molecule has 0 aliphatic carbocycles. The first kappa shape index (κ1) is 28.0. The fourth-order valence-electron chi connectivity index (χ4n) is 2.67. The van der Waals surface area contributed by atoms with Crippen molar-refractivity contribution in [2.75, 3.05) is 26.8 Å². The minimum absolute atomic E-state index is 0. The zero-order valence-electron chi connectivity index (χ0n) is 18.0. The summed E-state index contributed by atoms with van der Waals surface area (Å²) in [5, 5.41) is 16.6. The van der Waals surface area contributed by atoms with Crippen LogP contribution in [-0.2, 0) is 17.9 Å². The fraction of sp³-hybridized carbons (Fsp3) is 0.409. The Morgan fingerprint density at radius 3 is 2.22 bits per heavy atom. The summed E-state index contributed by atoms with van der Waals surface area (Å²) < 4.78 is 46.2. The average molecular weight is 567 g/mol. The van der Waals surface area contributed by atoms with Crippen LogP contribution in [0.25, 0.3) is 0 Å². The molecule has 0 aliphatic rings. The molecule has 0 bridgehead atoms. The van der Waals surface area contributed by atoms with Gasteiger partial charge in [-0.25, -0.2) is 4.99 Å². The molecule has 0 heterocycles. The Balaban J connectivity index is 0.00000512. The van der Waals surface area contributed by atoms with Gasteiger partial charge >= 0.3 is 6.18 Å². The van der Waals surface area contributed by atoms with Gasteiger partial charge in [0.05, 0.1) is 26.4 Å². The molecular weight excluding hydrogens is 538 g/mol. The Hall–Kier alpha value is -2.05. The SMILES string of the molecule is CCNC(=NCc1ccc(COCC(F)(F)F)cc1)NCC(O)c1ccc(OC)cc1.I. The molecule has 0 spiro atoms. The van der Waals surface area contributed by atoms with Crippen LogP contribution in [0.15, 0.2) is 53.5 Å². The number of benzene rings is 2. The Morgan fingerprint density at radius 1 is 1.03 bits per heavy atom. The molecule has 0 saturated heterocycles. The lowest BCUT2D eigenvalue weighted by Crippen LogP contribution is -2.39. The van der Waals surface area contributed by atoms with Crippen LogP contribution in [0.3, 0.4) is 0 Å². The number of nitrogens with zero attached hydrogens (tertiary/aromatic N) is 1. The number of aliphatic imine (C=N–C) groups is 1. The Morgan fingerprint density at radius 2 is 1.66 bits per heavy atom. The van der Waals surface area contributed by atoms with Gasteiger partial charge < -0.3 is 25.2 Å². The van der Waals surface area contributed by atoms with E-state index < -0.39 is 18.9 Å². The van der Waals surface area contributed by atoms with Gasteiger partial charge in [-0.15, -0.1) is 24.0 Å². The van der Waals surface area contributed by atoms with Crippen molar-refractivity contribution in [3.63, 3.8) is 0 Å². The molecule has 178 valence electrons. The monoisotopic (exact) mass is 567 g/mol. The molecule has 0 saturated carbocycles. The summed E-state index contributed by atoms with van der Waals surface area (Å²) in [5.74, 6) is 1.27. The van der Waals surface area contributed by atoms with Crippen molar-refractivity contribution in [1.29, 1.82) is 0 Å². The largest absolute Gasteiger partial charge is 0.497 e. The number of nitrogens with one attached hydrogen (secondary N) is 2. The van der Waals surface area contributed by atoms with Gasteiger partial charge in [-0.3, -0.25) is 0 Å².